The number of fused-ring (bicyclic) bond motifs is 1. The Hall–Kier alpha value is -2.03. The van der Waals surface area contributed by atoms with Crippen LogP contribution in [0, 0.1) is 0 Å². The quantitative estimate of drug-likeness (QED) is 0.707. The number of carbonyl (C=O) groups is 1. The van der Waals surface area contributed by atoms with Gasteiger partial charge in [-0.25, -0.2) is 8.78 Å². The number of alkyl halides is 4. The molecule has 0 saturated heterocycles. The number of amides is 1. The van der Waals surface area contributed by atoms with Crippen LogP contribution >= 0.6 is 0 Å². The number of benzene rings is 1. The van der Waals surface area contributed by atoms with Crippen LogP contribution in [0.1, 0.15) is 0 Å². The van der Waals surface area contributed by atoms with Crippen molar-refractivity contribution in [3.05, 3.63) is 24.3 Å². The first-order valence-corrected chi connectivity index (χ1v) is 7.16. The fourth-order valence-electron chi connectivity index (χ4n) is 2.01. The van der Waals surface area contributed by atoms with Crippen molar-refractivity contribution >= 4 is 5.91 Å². The molecule has 0 bridgehead atoms. The Balaban J connectivity index is 1.76. The van der Waals surface area contributed by atoms with E-state index in [1.54, 1.807) is 24.3 Å². The zero-order valence-corrected chi connectivity index (χ0v) is 12.9. The molecule has 0 spiro atoms. The second-order valence-electron chi connectivity index (χ2n) is 5.33. The second kappa shape index (κ2) is 7.69. The molecule has 1 aromatic rings. The number of para-hydroxylation sites is 2. The number of carbonyl (C=O) groups excluding carboxylic acids is 1. The van der Waals surface area contributed by atoms with E-state index in [1.807, 2.05) is 0 Å². The van der Waals surface area contributed by atoms with E-state index in [4.69, 9.17) is 9.47 Å². The maximum Gasteiger partial charge on any atom is 0.330 e. The van der Waals surface area contributed by atoms with Gasteiger partial charge in [-0.3, -0.25) is 4.79 Å². The number of rotatable bonds is 7. The summed E-state index contributed by atoms with van der Waals surface area (Å²) in [4.78, 5) is 13.0. The normalized spacial score (nSPS) is 17.0. The zero-order chi connectivity index (χ0) is 17.7. The van der Waals surface area contributed by atoms with Crippen molar-refractivity contribution in [1.82, 2.24) is 4.90 Å². The average Bonchev–Trinajstić information content (AvgIpc) is 2.54. The van der Waals surface area contributed by atoms with E-state index in [1.165, 1.54) is 11.9 Å². The Bertz CT molecular complexity index is 570. The van der Waals surface area contributed by atoms with Crippen molar-refractivity contribution < 1.29 is 36.6 Å². The minimum atomic E-state index is -4.27. The molecule has 1 aliphatic heterocycles. The largest absolute Gasteiger partial charge is 0.486 e. The predicted octanol–water partition coefficient (Wildman–Crippen LogP) is 2.20. The molecule has 134 valence electrons. The van der Waals surface area contributed by atoms with E-state index in [9.17, 15) is 22.4 Å². The summed E-state index contributed by atoms with van der Waals surface area (Å²) in [6.45, 7) is -1.87. The number of halogens is 4. The Morgan fingerprint density at radius 2 is 2.04 bits per heavy atom. The van der Waals surface area contributed by atoms with E-state index >= 15 is 0 Å². The van der Waals surface area contributed by atoms with Crippen LogP contribution in [0.3, 0.4) is 0 Å². The number of ether oxygens (including phenoxy) is 3. The molecule has 24 heavy (non-hydrogen) atoms. The van der Waals surface area contributed by atoms with Crippen molar-refractivity contribution in [2.75, 3.05) is 33.4 Å². The van der Waals surface area contributed by atoms with Gasteiger partial charge in [-0.2, -0.15) is 8.78 Å². The van der Waals surface area contributed by atoms with Crippen LogP contribution in [0.25, 0.3) is 0 Å². The van der Waals surface area contributed by atoms with E-state index in [-0.39, 0.29) is 13.2 Å². The highest BCUT2D eigenvalue weighted by molar-refractivity contribution is 5.77. The number of nitrogens with zero attached hydrogens (tertiary/aromatic N) is 1. The van der Waals surface area contributed by atoms with Crippen LogP contribution in [0.5, 0.6) is 11.5 Å². The van der Waals surface area contributed by atoms with Gasteiger partial charge in [-0.1, -0.05) is 12.1 Å². The second-order valence-corrected chi connectivity index (χ2v) is 5.33. The van der Waals surface area contributed by atoms with Gasteiger partial charge < -0.3 is 19.1 Å². The van der Waals surface area contributed by atoms with E-state index in [2.05, 4.69) is 4.74 Å². The van der Waals surface area contributed by atoms with Crippen LogP contribution in [-0.4, -0.2) is 62.7 Å². The summed E-state index contributed by atoms with van der Waals surface area (Å²) in [6.07, 6.45) is -4.27. The highest BCUT2D eigenvalue weighted by atomic mass is 19.3. The number of hydrogen-bond donors (Lipinski definition) is 0. The topological polar surface area (TPSA) is 48.0 Å². The molecule has 0 aromatic heterocycles. The molecule has 5 nitrogen and oxygen atoms in total. The third kappa shape index (κ3) is 4.73. The number of likely N-dealkylation sites (N-methyl/N-ethyl adjacent to an activating group) is 1. The molecule has 1 heterocycles. The molecular formula is C15H17F4NO4. The van der Waals surface area contributed by atoms with Gasteiger partial charge in [-0.05, 0) is 12.1 Å². The van der Waals surface area contributed by atoms with Gasteiger partial charge >= 0.3 is 12.3 Å². The molecule has 0 aliphatic carbocycles. The maximum absolute atomic E-state index is 12.7. The number of hydrogen-bond acceptors (Lipinski definition) is 4. The van der Waals surface area contributed by atoms with Crippen molar-refractivity contribution in [3.63, 3.8) is 0 Å². The molecule has 1 aromatic carbocycles. The van der Waals surface area contributed by atoms with Crippen LogP contribution in [0.15, 0.2) is 24.3 Å². The van der Waals surface area contributed by atoms with Gasteiger partial charge in [0.05, 0.1) is 6.54 Å². The zero-order valence-electron chi connectivity index (χ0n) is 12.9. The first-order chi connectivity index (χ1) is 11.3. The van der Waals surface area contributed by atoms with Gasteiger partial charge in [0.1, 0.15) is 19.8 Å². The molecule has 0 fully saturated rings. The van der Waals surface area contributed by atoms with E-state index in [0.29, 0.717) is 11.5 Å². The Morgan fingerprint density at radius 1 is 1.38 bits per heavy atom. The lowest BCUT2D eigenvalue weighted by molar-refractivity contribution is -0.170. The first kappa shape index (κ1) is 18.3. The van der Waals surface area contributed by atoms with Crippen molar-refractivity contribution in [3.8, 4) is 11.5 Å². The third-order valence-corrected chi connectivity index (χ3v) is 3.31. The van der Waals surface area contributed by atoms with Gasteiger partial charge in [0.15, 0.2) is 17.6 Å². The lowest BCUT2D eigenvalue weighted by Crippen LogP contribution is -2.43. The summed E-state index contributed by atoms with van der Waals surface area (Å²) in [5.41, 5.74) is 0. The Kier molecular flexibility index (Phi) is 5.87. The molecule has 0 saturated carbocycles. The monoisotopic (exact) mass is 351 g/mol. The molecule has 1 amide bonds. The highest BCUT2D eigenvalue weighted by Crippen LogP contribution is 2.31. The highest BCUT2D eigenvalue weighted by Gasteiger charge is 2.41. The maximum atomic E-state index is 12.7. The first-order valence-electron chi connectivity index (χ1n) is 7.16. The van der Waals surface area contributed by atoms with Gasteiger partial charge in [0.25, 0.3) is 0 Å². The average molecular weight is 351 g/mol. The van der Waals surface area contributed by atoms with Crippen molar-refractivity contribution in [1.29, 1.82) is 0 Å². The van der Waals surface area contributed by atoms with Gasteiger partial charge in [-0.15, -0.1) is 0 Å². The van der Waals surface area contributed by atoms with E-state index < -0.39 is 37.6 Å². The summed E-state index contributed by atoms with van der Waals surface area (Å²) in [5.74, 6) is -3.76. The fourth-order valence-corrected chi connectivity index (χ4v) is 2.01. The molecule has 1 atom stereocenters. The summed E-state index contributed by atoms with van der Waals surface area (Å²) in [6, 6.07) is 7.04. The van der Waals surface area contributed by atoms with Crippen LogP contribution in [0.4, 0.5) is 17.6 Å². The Labute approximate surface area is 136 Å². The lowest BCUT2D eigenvalue weighted by atomic mass is 10.2. The van der Waals surface area contributed by atoms with Crippen molar-refractivity contribution in [2.24, 2.45) is 0 Å². The smallest absolute Gasteiger partial charge is 0.330 e. The van der Waals surface area contributed by atoms with Gasteiger partial charge in [0, 0.05) is 7.05 Å². The molecule has 0 N–H and O–H groups in total. The van der Waals surface area contributed by atoms with Gasteiger partial charge in [0.2, 0.25) is 5.91 Å². The molecule has 0 radical (unpaired) electrons. The lowest BCUT2D eigenvalue weighted by Gasteiger charge is -2.29. The van der Waals surface area contributed by atoms with Crippen LogP contribution in [-0.2, 0) is 9.53 Å². The standard InChI is InChI=1S/C15H17F4NO4/c1-20(13(21)8-22-9-15(18,19)14(16)17)6-10-7-23-11-4-2-3-5-12(11)24-10/h2-5,10,14H,6-9H2,1H3. The molecular weight excluding hydrogens is 334 g/mol. The summed E-state index contributed by atoms with van der Waals surface area (Å²) in [5, 5.41) is 0. The minimum absolute atomic E-state index is 0.141. The third-order valence-electron chi connectivity index (χ3n) is 3.31. The fraction of sp³-hybridized carbons (Fsp3) is 0.533. The van der Waals surface area contributed by atoms with Crippen molar-refractivity contribution in [2.45, 2.75) is 18.5 Å². The summed E-state index contributed by atoms with van der Waals surface area (Å²) < 4.78 is 64.8. The summed E-state index contributed by atoms with van der Waals surface area (Å²) in [7, 11) is 1.43. The molecule has 1 unspecified atom stereocenters. The predicted molar refractivity (Wildman–Crippen MR) is 75.8 cm³/mol. The van der Waals surface area contributed by atoms with Crippen LogP contribution in [0.2, 0.25) is 0 Å². The minimum Gasteiger partial charge on any atom is -0.486 e. The molecule has 9 heteroatoms. The van der Waals surface area contributed by atoms with E-state index in [0.717, 1.165) is 0 Å². The Morgan fingerprint density at radius 3 is 2.71 bits per heavy atom. The summed E-state index contributed by atoms with van der Waals surface area (Å²) >= 11 is 0. The SMILES string of the molecule is CN(CC1COc2ccccc2O1)C(=O)COCC(F)(F)C(F)F. The van der Waals surface area contributed by atoms with Crippen LogP contribution < -0.4 is 9.47 Å². The molecule has 1 aliphatic rings. The molecule has 2 rings (SSSR count).